The molecular weight excluding hydrogens is 459 g/mol. The number of halogens is 3. The first-order valence-electron chi connectivity index (χ1n) is 11.5. The average Bonchev–Trinajstić information content (AvgIpc) is 3.51. The molecule has 1 N–H and O–H groups in total. The van der Waals surface area contributed by atoms with Gasteiger partial charge in [0.1, 0.15) is 6.26 Å². The molecule has 1 aliphatic rings. The molecule has 6 nitrogen and oxygen atoms in total. The Hall–Kier alpha value is -3.17. The number of amides is 1. The third-order valence-corrected chi connectivity index (χ3v) is 5.97. The molecule has 2 aromatic carbocycles. The first-order valence-corrected chi connectivity index (χ1v) is 11.5. The van der Waals surface area contributed by atoms with Gasteiger partial charge in [0.15, 0.2) is 5.69 Å². The van der Waals surface area contributed by atoms with E-state index < -0.39 is 11.7 Å². The molecule has 1 fully saturated rings. The maximum atomic E-state index is 13.2. The molecular formula is C26H28F3N3O3. The number of nitrogens with one attached hydrogen (secondary N) is 1. The van der Waals surface area contributed by atoms with Crippen LogP contribution in [0.1, 0.15) is 51.5 Å². The van der Waals surface area contributed by atoms with E-state index in [2.05, 4.69) is 10.3 Å². The molecule has 9 heteroatoms. The highest BCUT2D eigenvalue weighted by molar-refractivity contribution is 5.91. The van der Waals surface area contributed by atoms with Crippen LogP contribution in [0.3, 0.4) is 0 Å². The third kappa shape index (κ3) is 6.93. The van der Waals surface area contributed by atoms with E-state index in [0.29, 0.717) is 31.2 Å². The van der Waals surface area contributed by atoms with Gasteiger partial charge in [0.25, 0.3) is 5.91 Å². The summed E-state index contributed by atoms with van der Waals surface area (Å²) in [5, 5.41) is 2.81. The van der Waals surface area contributed by atoms with E-state index in [1.165, 1.54) is 12.3 Å². The summed E-state index contributed by atoms with van der Waals surface area (Å²) in [6, 6.07) is 13.1. The number of hydrogen-bond donors (Lipinski definition) is 1. The van der Waals surface area contributed by atoms with Gasteiger partial charge in [-0.3, -0.25) is 9.69 Å². The van der Waals surface area contributed by atoms with Crippen molar-refractivity contribution in [2.24, 2.45) is 0 Å². The van der Waals surface area contributed by atoms with Crippen molar-refractivity contribution >= 4 is 5.91 Å². The van der Waals surface area contributed by atoms with Crippen molar-refractivity contribution in [1.29, 1.82) is 0 Å². The molecule has 1 saturated heterocycles. The maximum absolute atomic E-state index is 13.2. The van der Waals surface area contributed by atoms with Gasteiger partial charge in [0.2, 0.25) is 5.89 Å². The van der Waals surface area contributed by atoms with Crippen LogP contribution in [0.25, 0.3) is 0 Å². The Kier molecular flexibility index (Phi) is 7.87. The van der Waals surface area contributed by atoms with Crippen LogP contribution in [0.4, 0.5) is 13.2 Å². The van der Waals surface area contributed by atoms with E-state index >= 15 is 0 Å². The van der Waals surface area contributed by atoms with Crippen LogP contribution in [-0.4, -0.2) is 35.0 Å². The summed E-state index contributed by atoms with van der Waals surface area (Å²) in [5.41, 5.74) is 2.11. The van der Waals surface area contributed by atoms with Crippen molar-refractivity contribution in [3.63, 3.8) is 0 Å². The molecule has 1 aromatic heterocycles. The fourth-order valence-corrected chi connectivity index (χ4v) is 4.08. The zero-order valence-corrected chi connectivity index (χ0v) is 19.5. The Morgan fingerprint density at radius 1 is 1.14 bits per heavy atom. The molecule has 1 amide bonds. The summed E-state index contributed by atoms with van der Waals surface area (Å²) in [4.78, 5) is 18.7. The summed E-state index contributed by atoms with van der Waals surface area (Å²) in [6.45, 7) is 4.06. The Balaban J connectivity index is 1.47. The van der Waals surface area contributed by atoms with E-state index in [-0.39, 0.29) is 30.8 Å². The van der Waals surface area contributed by atoms with Crippen molar-refractivity contribution < 1.29 is 27.1 Å². The Labute approximate surface area is 202 Å². The number of carbonyl (C=O) groups is 1. The quantitative estimate of drug-likeness (QED) is 0.454. The minimum absolute atomic E-state index is 0.0161. The second-order valence-corrected chi connectivity index (χ2v) is 8.74. The lowest BCUT2D eigenvalue weighted by Crippen LogP contribution is -2.32. The monoisotopic (exact) mass is 487 g/mol. The number of alkyl halides is 3. The van der Waals surface area contributed by atoms with E-state index in [0.717, 1.165) is 36.1 Å². The van der Waals surface area contributed by atoms with Crippen molar-refractivity contribution in [2.75, 3.05) is 13.2 Å². The number of hydrogen-bond acceptors (Lipinski definition) is 5. The van der Waals surface area contributed by atoms with E-state index in [9.17, 15) is 18.0 Å². The number of aromatic nitrogens is 1. The summed E-state index contributed by atoms with van der Waals surface area (Å²) >= 11 is 0. The number of ether oxygens (including phenoxy) is 1. The van der Waals surface area contributed by atoms with Gasteiger partial charge in [-0.25, -0.2) is 4.98 Å². The highest BCUT2D eigenvalue weighted by atomic mass is 19.4. The predicted molar refractivity (Wildman–Crippen MR) is 123 cm³/mol. The molecule has 0 saturated carbocycles. The van der Waals surface area contributed by atoms with Crippen LogP contribution in [-0.2, 0) is 30.5 Å². The molecule has 0 radical (unpaired) electrons. The molecule has 0 bridgehead atoms. The molecule has 4 rings (SSSR count). The summed E-state index contributed by atoms with van der Waals surface area (Å²) in [5.74, 6) is -0.0355. The number of rotatable bonds is 9. The van der Waals surface area contributed by atoms with Gasteiger partial charge < -0.3 is 14.5 Å². The van der Waals surface area contributed by atoms with Gasteiger partial charge in [-0.15, -0.1) is 0 Å². The Morgan fingerprint density at radius 3 is 2.71 bits per heavy atom. The topological polar surface area (TPSA) is 67.6 Å². The van der Waals surface area contributed by atoms with Crippen LogP contribution in [0, 0.1) is 6.92 Å². The predicted octanol–water partition coefficient (Wildman–Crippen LogP) is 5.11. The lowest BCUT2D eigenvalue weighted by atomic mass is 10.1. The first kappa shape index (κ1) is 24.9. The SMILES string of the molecule is Cc1ccccc1CN(Cc1cccc(C(F)(F)F)c1)Cc1nc(C(=O)NC[C@@H]2CCCO2)co1. The van der Waals surface area contributed by atoms with Gasteiger partial charge in [0, 0.05) is 26.2 Å². The van der Waals surface area contributed by atoms with Gasteiger partial charge in [-0.05, 0) is 42.5 Å². The summed E-state index contributed by atoms with van der Waals surface area (Å²) in [6.07, 6.45) is -1.20. The fraction of sp³-hybridized carbons (Fsp3) is 0.385. The molecule has 2 heterocycles. The molecule has 0 unspecified atom stereocenters. The fourth-order valence-electron chi connectivity index (χ4n) is 4.08. The Bertz CT molecular complexity index is 1140. The van der Waals surface area contributed by atoms with Crippen LogP contribution >= 0.6 is 0 Å². The molecule has 3 aromatic rings. The first-order chi connectivity index (χ1) is 16.8. The van der Waals surface area contributed by atoms with E-state index in [4.69, 9.17) is 9.15 Å². The normalized spacial score (nSPS) is 16.1. The van der Waals surface area contributed by atoms with Crippen molar-refractivity contribution in [3.8, 4) is 0 Å². The maximum Gasteiger partial charge on any atom is 0.416 e. The zero-order chi connectivity index (χ0) is 24.8. The zero-order valence-electron chi connectivity index (χ0n) is 19.5. The van der Waals surface area contributed by atoms with Crippen LogP contribution in [0.5, 0.6) is 0 Å². The van der Waals surface area contributed by atoms with Crippen LogP contribution in [0.15, 0.2) is 59.2 Å². The third-order valence-electron chi connectivity index (χ3n) is 5.97. The molecule has 0 spiro atoms. The highest BCUT2D eigenvalue weighted by Crippen LogP contribution is 2.30. The van der Waals surface area contributed by atoms with Crippen molar-refractivity contribution in [2.45, 2.75) is 51.7 Å². The van der Waals surface area contributed by atoms with Gasteiger partial charge in [-0.2, -0.15) is 13.2 Å². The lowest BCUT2D eigenvalue weighted by molar-refractivity contribution is -0.137. The van der Waals surface area contributed by atoms with Gasteiger partial charge in [0.05, 0.1) is 18.2 Å². The smallest absolute Gasteiger partial charge is 0.416 e. The van der Waals surface area contributed by atoms with Crippen molar-refractivity contribution in [1.82, 2.24) is 15.2 Å². The molecule has 35 heavy (non-hydrogen) atoms. The van der Waals surface area contributed by atoms with Crippen molar-refractivity contribution in [3.05, 3.63) is 88.6 Å². The van der Waals surface area contributed by atoms with E-state index in [1.54, 1.807) is 6.07 Å². The molecule has 1 aliphatic heterocycles. The van der Waals surface area contributed by atoms with Gasteiger partial charge in [-0.1, -0.05) is 42.5 Å². The lowest BCUT2D eigenvalue weighted by Gasteiger charge is -2.22. The number of carbonyl (C=O) groups excluding carboxylic acids is 1. The standard InChI is InChI=1S/C26H28F3N3O3/c1-18-6-2-3-8-20(18)15-32(14-19-7-4-9-21(12-19)26(27,28)29)16-24-31-23(17-35-24)25(33)30-13-22-10-5-11-34-22/h2-4,6-9,12,17,22H,5,10-11,13-16H2,1H3,(H,30,33)/t22-/m0/s1. The van der Waals surface area contributed by atoms with E-state index in [1.807, 2.05) is 36.1 Å². The number of benzene rings is 2. The number of aryl methyl sites for hydroxylation is 1. The molecule has 0 aliphatic carbocycles. The summed E-state index contributed by atoms with van der Waals surface area (Å²) < 4.78 is 50.7. The molecule has 1 atom stereocenters. The average molecular weight is 488 g/mol. The number of nitrogens with zero attached hydrogens (tertiary/aromatic N) is 2. The highest BCUT2D eigenvalue weighted by Gasteiger charge is 2.30. The summed E-state index contributed by atoms with van der Waals surface area (Å²) in [7, 11) is 0. The minimum Gasteiger partial charge on any atom is -0.447 e. The minimum atomic E-state index is -4.41. The molecule has 186 valence electrons. The van der Waals surface area contributed by atoms with Crippen LogP contribution < -0.4 is 5.32 Å². The second kappa shape index (κ2) is 11.0. The van der Waals surface area contributed by atoms with Crippen LogP contribution in [0.2, 0.25) is 0 Å². The largest absolute Gasteiger partial charge is 0.447 e. The van der Waals surface area contributed by atoms with Gasteiger partial charge >= 0.3 is 6.18 Å². The second-order valence-electron chi connectivity index (χ2n) is 8.74. The Morgan fingerprint density at radius 2 is 1.97 bits per heavy atom. The number of oxazole rings is 1.